The summed E-state index contributed by atoms with van der Waals surface area (Å²) in [5.41, 5.74) is 12.0. The number of anilines is 1. The Morgan fingerprint density at radius 1 is 0.783 bits per heavy atom. The summed E-state index contributed by atoms with van der Waals surface area (Å²) in [6.07, 6.45) is 23.1. The molecule has 9 nitrogen and oxygen atoms in total. The first kappa shape index (κ1) is 47.1. The smallest absolute Gasteiger partial charge is 0.748 e. The maximum Gasteiger partial charge on any atom is 1.00 e. The average Bonchev–Trinajstić information content (AvgIpc) is 3.59. The molecule has 1 heterocycles. The van der Waals surface area contributed by atoms with Crippen molar-refractivity contribution in [2.75, 3.05) is 37.2 Å². The Morgan fingerprint density at radius 3 is 2.02 bits per heavy atom. The fourth-order valence-corrected chi connectivity index (χ4v) is 12.7. The quantitative estimate of drug-likeness (QED) is 0.159. The first-order chi connectivity index (χ1) is 28.1. The molecule has 7 rings (SSSR count). The van der Waals surface area contributed by atoms with E-state index in [1.165, 1.54) is 23.1 Å². The van der Waals surface area contributed by atoms with E-state index < -0.39 is 26.0 Å². The van der Waals surface area contributed by atoms with Crippen LogP contribution in [-0.4, -0.2) is 58.2 Å². The molecule has 1 aliphatic heterocycles. The summed E-state index contributed by atoms with van der Waals surface area (Å²) in [5.74, 6) is 0.969. The van der Waals surface area contributed by atoms with Crippen LogP contribution >= 0.6 is 11.6 Å². The van der Waals surface area contributed by atoms with Crippen molar-refractivity contribution in [1.29, 1.82) is 0 Å². The third kappa shape index (κ3) is 9.30. The van der Waals surface area contributed by atoms with Gasteiger partial charge >= 0.3 is 29.6 Å². The molecule has 2 spiro atoms. The Labute approximate surface area is 385 Å². The Kier molecular flexibility index (Phi) is 15.1. The monoisotopic (exact) mass is 887 g/mol. The topological polar surface area (TPSA) is 133 Å². The van der Waals surface area contributed by atoms with E-state index in [0.717, 1.165) is 138 Å². The molecule has 2 aromatic carbocycles. The number of allylic oxidation sites excluding steroid dienone is 10. The number of hydrogen-bond donors (Lipinski definition) is 1. The van der Waals surface area contributed by atoms with Crippen molar-refractivity contribution in [3.05, 3.63) is 104 Å². The molecule has 0 saturated heterocycles. The predicted molar refractivity (Wildman–Crippen MR) is 236 cm³/mol. The van der Waals surface area contributed by atoms with E-state index in [4.69, 9.17) is 21.1 Å². The fraction of sp³-hybridized carbons (Fsp3) is 0.532. The molecule has 2 aromatic rings. The summed E-state index contributed by atoms with van der Waals surface area (Å²) in [6, 6.07) is 8.20. The number of nitrogens with zero attached hydrogens (tertiary/aromatic N) is 1. The second-order valence-electron chi connectivity index (χ2n) is 17.2. The molecule has 0 bridgehead atoms. The molecular weight excluding hydrogens is 829 g/mol. The van der Waals surface area contributed by atoms with E-state index in [1.807, 2.05) is 12.1 Å². The second-order valence-corrected chi connectivity index (χ2v) is 20.7. The molecule has 1 N–H and O–H groups in total. The molecular formula is C47H59ClNNaO8S2. The molecule has 320 valence electrons. The molecule has 0 radical (unpaired) electrons. The van der Waals surface area contributed by atoms with Crippen molar-refractivity contribution in [2.45, 2.75) is 127 Å². The van der Waals surface area contributed by atoms with E-state index in [-0.39, 0.29) is 52.6 Å². The third-order valence-electron chi connectivity index (χ3n) is 13.8. The first-order valence-electron chi connectivity index (χ1n) is 21.4. The average molecular weight is 889 g/mol. The molecule has 4 aliphatic carbocycles. The van der Waals surface area contributed by atoms with E-state index in [0.29, 0.717) is 19.4 Å². The summed E-state index contributed by atoms with van der Waals surface area (Å²) in [7, 11) is -5.07. The van der Waals surface area contributed by atoms with Gasteiger partial charge in [-0.15, -0.1) is 0 Å². The summed E-state index contributed by atoms with van der Waals surface area (Å²) in [4.78, 5) is 2.24. The number of fused-ring (bicyclic) bond motifs is 4. The van der Waals surface area contributed by atoms with Crippen molar-refractivity contribution in [1.82, 2.24) is 0 Å². The predicted octanol–water partition coefficient (Wildman–Crippen LogP) is 7.66. The molecule has 0 unspecified atom stereocenters. The van der Waals surface area contributed by atoms with Gasteiger partial charge in [0.2, 0.25) is 0 Å². The van der Waals surface area contributed by atoms with Crippen molar-refractivity contribution >= 4 is 43.1 Å². The zero-order chi connectivity index (χ0) is 42.2. The molecule has 5 aliphatic rings. The number of hydrogen-bond acceptors (Lipinski definition) is 8. The summed E-state index contributed by atoms with van der Waals surface area (Å²) >= 11 is 7.39. The Hall–Kier alpha value is -2.35. The van der Waals surface area contributed by atoms with Crippen LogP contribution in [0, 0.1) is 13.8 Å². The van der Waals surface area contributed by atoms with Gasteiger partial charge in [-0.2, -0.15) is 8.42 Å². The number of methoxy groups -OCH3 is 2. The largest absolute Gasteiger partial charge is 1.00 e. The Balaban J connectivity index is 0.00000604. The summed E-state index contributed by atoms with van der Waals surface area (Å²) in [6.45, 7) is 4.65. The zero-order valence-corrected chi connectivity index (χ0v) is 40.4. The van der Waals surface area contributed by atoms with Gasteiger partial charge in [0.1, 0.15) is 11.5 Å². The van der Waals surface area contributed by atoms with Gasteiger partial charge in [0.05, 0.1) is 30.1 Å². The van der Waals surface area contributed by atoms with Crippen LogP contribution in [0.4, 0.5) is 5.69 Å². The van der Waals surface area contributed by atoms with Crippen LogP contribution < -0.4 is 43.9 Å². The molecule has 0 atom stereocenters. The van der Waals surface area contributed by atoms with Crippen LogP contribution in [0.1, 0.15) is 131 Å². The molecule has 2 saturated carbocycles. The van der Waals surface area contributed by atoms with Crippen molar-refractivity contribution in [3.8, 4) is 11.5 Å². The van der Waals surface area contributed by atoms with Crippen LogP contribution in [0.2, 0.25) is 0 Å². The molecule has 13 heteroatoms. The van der Waals surface area contributed by atoms with E-state index in [9.17, 15) is 25.9 Å². The second kappa shape index (κ2) is 19.2. The number of rotatable bonds is 13. The van der Waals surface area contributed by atoms with Gasteiger partial charge in [0, 0.05) is 39.5 Å². The van der Waals surface area contributed by atoms with Gasteiger partial charge in [-0.1, -0.05) is 74.4 Å². The van der Waals surface area contributed by atoms with Crippen molar-refractivity contribution in [2.24, 2.45) is 0 Å². The standard InChI is InChI=1S/C47H60ClNO8S2.Na/c1-32-40(56-3)22-19-37-36(16-12-30-58(50,51)52)38(46(43(32)37)25-7-5-8-26-46)20-17-34-14-11-15-35(45(34)48)18-24-42-47(27-9-6-10-28-47)44-33(2)41(57-4)23-21-39(44)49(42)29-13-31-59(53,54)55;/h17-24H,5-16,25-31H2,1-4H3,(H,50,51,52)(H,53,54,55);/q;+1/p-1/b20-17+,35-18+,42-24-;. The molecule has 60 heavy (non-hydrogen) atoms. The summed E-state index contributed by atoms with van der Waals surface area (Å²) in [5, 5.41) is 0.735. The van der Waals surface area contributed by atoms with Gasteiger partial charge in [-0.3, -0.25) is 4.55 Å². The maximum absolute atomic E-state index is 11.8. The number of benzene rings is 2. The van der Waals surface area contributed by atoms with Crippen LogP contribution in [-0.2, 0) is 31.1 Å². The maximum atomic E-state index is 11.8. The van der Waals surface area contributed by atoms with Gasteiger partial charge < -0.3 is 18.9 Å². The van der Waals surface area contributed by atoms with E-state index in [1.54, 1.807) is 14.2 Å². The van der Waals surface area contributed by atoms with Crippen molar-refractivity contribution in [3.63, 3.8) is 0 Å². The molecule has 2 fully saturated rings. The van der Waals surface area contributed by atoms with E-state index in [2.05, 4.69) is 55.2 Å². The van der Waals surface area contributed by atoms with Crippen LogP contribution in [0.25, 0.3) is 5.57 Å². The minimum Gasteiger partial charge on any atom is -0.748 e. The fourth-order valence-electron chi connectivity index (χ4n) is 11.4. The number of ether oxygens (including phenoxy) is 2. The minimum absolute atomic E-state index is 0. The van der Waals surface area contributed by atoms with Crippen LogP contribution in [0.3, 0.4) is 0 Å². The van der Waals surface area contributed by atoms with Gasteiger partial charge in [0.15, 0.2) is 0 Å². The van der Waals surface area contributed by atoms with Crippen molar-refractivity contribution < 1.29 is 65.0 Å². The third-order valence-corrected chi connectivity index (χ3v) is 15.9. The molecule has 0 aromatic heterocycles. The first-order valence-corrected chi connectivity index (χ1v) is 25.0. The van der Waals surface area contributed by atoms with Crippen LogP contribution in [0.15, 0.2) is 76.0 Å². The minimum atomic E-state index is -4.36. The zero-order valence-electron chi connectivity index (χ0n) is 36.0. The Bertz CT molecular complexity index is 2350. The Morgan fingerprint density at radius 2 is 1.40 bits per heavy atom. The normalized spacial score (nSPS) is 21.4. The summed E-state index contributed by atoms with van der Waals surface area (Å²) < 4.78 is 80.0. The van der Waals surface area contributed by atoms with Gasteiger partial charge in [-0.25, -0.2) is 8.42 Å². The van der Waals surface area contributed by atoms with Crippen LogP contribution in [0.5, 0.6) is 11.5 Å². The van der Waals surface area contributed by atoms with Gasteiger partial charge in [0.25, 0.3) is 10.1 Å². The SMILES string of the molecule is COc1ccc2c(c1C)C1(CCCCC1)C(/C=C/C1=C(Cl)C(=C/C=C3\N(CCCS(=O)(=O)[O-])c4ccc(OC)c(C)c4C34CCCCC4)/CCC1)=C2CCCS(=O)(=O)O.[Na+]. The number of halogens is 1. The molecule has 0 amide bonds. The van der Waals surface area contributed by atoms with E-state index >= 15 is 0 Å². The van der Waals surface area contributed by atoms with Gasteiger partial charge in [-0.05, 0) is 152 Å².